The Morgan fingerprint density at radius 2 is 2.00 bits per heavy atom. The minimum absolute atomic E-state index is 0.0347. The summed E-state index contributed by atoms with van der Waals surface area (Å²) in [4.78, 5) is 13.6. The van der Waals surface area contributed by atoms with Gasteiger partial charge >= 0.3 is 0 Å². The number of fused-ring (bicyclic) bond motifs is 1. The van der Waals surface area contributed by atoms with Crippen molar-refractivity contribution in [2.24, 2.45) is 0 Å². The lowest BCUT2D eigenvalue weighted by Gasteiger charge is -2.29. The molecule has 86 valence electrons. The van der Waals surface area contributed by atoms with E-state index in [0.29, 0.717) is 0 Å². The number of hydrogen-bond acceptors (Lipinski definition) is 1. The third-order valence-corrected chi connectivity index (χ3v) is 3.88. The van der Waals surface area contributed by atoms with Gasteiger partial charge in [0.25, 0.3) is 0 Å². The number of anilines is 1. The first-order valence-electron chi connectivity index (χ1n) is 5.76. The summed E-state index contributed by atoms with van der Waals surface area (Å²) >= 11 is 0. The highest BCUT2D eigenvalue weighted by Crippen LogP contribution is 2.45. The maximum Gasteiger partial charge on any atom is 0.224 e. The van der Waals surface area contributed by atoms with E-state index in [1.54, 1.807) is 6.92 Å². The second-order valence-corrected chi connectivity index (χ2v) is 5.31. The van der Waals surface area contributed by atoms with Crippen LogP contribution in [0.2, 0.25) is 0 Å². The molecule has 1 unspecified atom stereocenters. The Labute approximate surface area is 97.3 Å². The molecule has 1 aromatic carbocycles. The van der Waals surface area contributed by atoms with Crippen LogP contribution in [0.4, 0.5) is 5.69 Å². The van der Waals surface area contributed by atoms with E-state index in [-0.39, 0.29) is 17.4 Å². The van der Waals surface area contributed by atoms with Crippen LogP contribution in [0.5, 0.6) is 0 Å². The van der Waals surface area contributed by atoms with E-state index in [1.807, 2.05) is 4.90 Å². The molecule has 0 saturated heterocycles. The zero-order chi connectivity index (χ0) is 12.1. The number of benzene rings is 1. The van der Waals surface area contributed by atoms with Crippen molar-refractivity contribution in [3.8, 4) is 0 Å². The van der Waals surface area contributed by atoms with Crippen LogP contribution in [-0.2, 0) is 10.2 Å². The van der Waals surface area contributed by atoms with Gasteiger partial charge < -0.3 is 4.90 Å². The molecule has 1 aliphatic rings. The number of nitrogens with zero attached hydrogens (tertiary/aromatic N) is 1. The number of amides is 1. The van der Waals surface area contributed by atoms with Crippen LogP contribution in [0.1, 0.15) is 38.8 Å². The number of carbonyl (C=O) groups excluding carboxylic acids is 1. The van der Waals surface area contributed by atoms with Crippen LogP contribution in [0, 0.1) is 6.92 Å². The molecule has 2 rings (SSSR count). The van der Waals surface area contributed by atoms with Crippen LogP contribution in [-0.4, -0.2) is 11.9 Å². The van der Waals surface area contributed by atoms with E-state index in [4.69, 9.17) is 0 Å². The van der Waals surface area contributed by atoms with Gasteiger partial charge in [-0.25, -0.2) is 0 Å². The predicted molar refractivity (Wildman–Crippen MR) is 66.8 cm³/mol. The lowest BCUT2D eigenvalue weighted by Crippen LogP contribution is -2.41. The van der Waals surface area contributed by atoms with Crippen molar-refractivity contribution in [3.05, 3.63) is 29.3 Å². The highest BCUT2D eigenvalue weighted by atomic mass is 16.2. The third kappa shape index (κ3) is 1.36. The lowest BCUT2D eigenvalue weighted by molar-refractivity contribution is -0.117. The van der Waals surface area contributed by atoms with Gasteiger partial charge in [0, 0.05) is 24.1 Å². The standard InChI is InChI=1S/C14H19NO/c1-9-6-7-13-12(8-9)14(4,5)10(2)15(13)11(3)16/h6-8,10H,1-5H3. The molecule has 0 saturated carbocycles. The van der Waals surface area contributed by atoms with Gasteiger partial charge in [0.2, 0.25) is 5.91 Å². The molecule has 16 heavy (non-hydrogen) atoms. The SMILES string of the molecule is CC(=O)N1c2ccc(C)cc2C(C)(C)C1C. The maximum absolute atomic E-state index is 11.7. The van der Waals surface area contributed by atoms with E-state index >= 15 is 0 Å². The Hall–Kier alpha value is -1.31. The first-order chi connectivity index (χ1) is 7.35. The molecule has 0 spiro atoms. The smallest absolute Gasteiger partial charge is 0.224 e. The summed E-state index contributed by atoms with van der Waals surface area (Å²) in [7, 11) is 0. The van der Waals surface area contributed by atoms with Gasteiger partial charge in [0.05, 0.1) is 0 Å². The number of aryl methyl sites for hydroxylation is 1. The fourth-order valence-corrected chi connectivity index (χ4v) is 2.57. The largest absolute Gasteiger partial charge is 0.309 e. The van der Waals surface area contributed by atoms with Crippen molar-refractivity contribution < 1.29 is 4.79 Å². The highest BCUT2D eigenvalue weighted by Gasteiger charge is 2.43. The summed E-state index contributed by atoms with van der Waals surface area (Å²) in [5.41, 5.74) is 3.66. The van der Waals surface area contributed by atoms with Crippen molar-refractivity contribution in [1.29, 1.82) is 0 Å². The van der Waals surface area contributed by atoms with E-state index in [1.165, 1.54) is 11.1 Å². The summed E-state index contributed by atoms with van der Waals surface area (Å²) in [5, 5.41) is 0. The molecule has 2 heteroatoms. The summed E-state index contributed by atoms with van der Waals surface area (Å²) < 4.78 is 0. The molecule has 1 aromatic rings. The predicted octanol–water partition coefficient (Wildman–Crippen LogP) is 3.03. The zero-order valence-corrected chi connectivity index (χ0v) is 10.7. The fraction of sp³-hybridized carbons (Fsp3) is 0.500. The van der Waals surface area contributed by atoms with Crippen LogP contribution < -0.4 is 4.90 Å². The van der Waals surface area contributed by atoms with Crippen molar-refractivity contribution >= 4 is 11.6 Å². The van der Waals surface area contributed by atoms with Crippen LogP contribution >= 0.6 is 0 Å². The molecule has 1 atom stereocenters. The van der Waals surface area contributed by atoms with Crippen LogP contribution in [0.25, 0.3) is 0 Å². The maximum atomic E-state index is 11.7. The van der Waals surface area contributed by atoms with Gasteiger partial charge in [-0.2, -0.15) is 0 Å². The van der Waals surface area contributed by atoms with Crippen molar-refractivity contribution in [2.75, 3.05) is 4.90 Å². The summed E-state index contributed by atoms with van der Waals surface area (Å²) in [6.45, 7) is 10.3. The average Bonchev–Trinajstić information content (AvgIpc) is 2.37. The molecule has 1 aliphatic heterocycles. The van der Waals surface area contributed by atoms with Crippen LogP contribution in [0.15, 0.2) is 18.2 Å². The monoisotopic (exact) mass is 217 g/mol. The first kappa shape index (κ1) is 11.2. The highest BCUT2D eigenvalue weighted by molar-refractivity contribution is 5.95. The minimum atomic E-state index is 0.0347. The molecular weight excluding hydrogens is 198 g/mol. The molecular formula is C14H19NO. The van der Waals surface area contributed by atoms with E-state index in [2.05, 4.69) is 45.9 Å². The molecule has 0 N–H and O–H groups in total. The Bertz CT molecular complexity index is 448. The van der Waals surface area contributed by atoms with Gasteiger partial charge in [-0.3, -0.25) is 4.79 Å². The second kappa shape index (κ2) is 3.34. The lowest BCUT2D eigenvalue weighted by atomic mass is 9.81. The molecule has 0 radical (unpaired) electrons. The number of carbonyl (C=O) groups is 1. The Balaban J connectivity index is 2.65. The molecule has 2 nitrogen and oxygen atoms in total. The topological polar surface area (TPSA) is 20.3 Å². The summed E-state index contributed by atoms with van der Waals surface area (Å²) in [6, 6.07) is 6.57. The Morgan fingerprint density at radius 3 is 2.56 bits per heavy atom. The van der Waals surface area contributed by atoms with Crippen molar-refractivity contribution in [1.82, 2.24) is 0 Å². The molecule has 0 bridgehead atoms. The van der Waals surface area contributed by atoms with Gasteiger partial charge in [0.15, 0.2) is 0 Å². The molecule has 0 aromatic heterocycles. The normalized spacial score (nSPS) is 22.1. The van der Waals surface area contributed by atoms with Gasteiger partial charge in [-0.15, -0.1) is 0 Å². The summed E-state index contributed by atoms with van der Waals surface area (Å²) in [5.74, 6) is 0.128. The quantitative estimate of drug-likeness (QED) is 0.654. The second-order valence-electron chi connectivity index (χ2n) is 5.31. The molecule has 0 fully saturated rings. The zero-order valence-electron chi connectivity index (χ0n) is 10.7. The van der Waals surface area contributed by atoms with Crippen molar-refractivity contribution in [2.45, 2.75) is 46.1 Å². The minimum Gasteiger partial charge on any atom is -0.309 e. The fourth-order valence-electron chi connectivity index (χ4n) is 2.57. The number of hydrogen-bond donors (Lipinski definition) is 0. The summed E-state index contributed by atoms with van der Waals surface area (Å²) in [6.07, 6.45) is 0. The van der Waals surface area contributed by atoms with E-state index in [9.17, 15) is 4.79 Å². The Kier molecular flexibility index (Phi) is 2.33. The van der Waals surface area contributed by atoms with Gasteiger partial charge in [-0.05, 0) is 25.5 Å². The molecule has 1 heterocycles. The van der Waals surface area contributed by atoms with Gasteiger partial charge in [0.1, 0.15) is 0 Å². The third-order valence-electron chi connectivity index (χ3n) is 3.88. The number of rotatable bonds is 0. The average molecular weight is 217 g/mol. The van der Waals surface area contributed by atoms with Crippen molar-refractivity contribution in [3.63, 3.8) is 0 Å². The van der Waals surface area contributed by atoms with E-state index < -0.39 is 0 Å². The Morgan fingerprint density at radius 1 is 1.38 bits per heavy atom. The molecule has 0 aliphatic carbocycles. The van der Waals surface area contributed by atoms with Gasteiger partial charge in [-0.1, -0.05) is 31.5 Å². The van der Waals surface area contributed by atoms with Crippen LogP contribution in [0.3, 0.4) is 0 Å². The first-order valence-corrected chi connectivity index (χ1v) is 5.76. The van der Waals surface area contributed by atoms with E-state index in [0.717, 1.165) is 5.69 Å². The molecule has 1 amide bonds.